The monoisotopic (exact) mass is 560 g/mol. The predicted octanol–water partition coefficient (Wildman–Crippen LogP) is 10.1. The highest BCUT2D eigenvalue weighted by molar-refractivity contribution is 6.23. The van der Waals surface area contributed by atoms with Gasteiger partial charge in [0.1, 0.15) is 0 Å². The molecule has 4 heteroatoms. The van der Waals surface area contributed by atoms with Gasteiger partial charge in [0.15, 0.2) is 0 Å². The highest BCUT2D eigenvalue weighted by Gasteiger charge is 2.18. The van der Waals surface area contributed by atoms with Gasteiger partial charge in [0.25, 0.3) is 0 Å². The van der Waals surface area contributed by atoms with Crippen LogP contribution in [0.2, 0.25) is 0 Å². The van der Waals surface area contributed by atoms with Crippen molar-refractivity contribution in [3.8, 4) is 11.6 Å². The number of fused-ring (bicyclic) bond motifs is 11. The molecule has 0 aliphatic heterocycles. The van der Waals surface area contributed by atoms with Crippen molar-refractivity contribution in [3.63, 3.8) is 0 Å². The van der Waals surface area contributed by atoms with Crippen LogP contribution in [0.3, 0.4) is 0 Å². The van der Waals surface area contributed by atoms with E-state index in [1.807, 2.05) is 24.4 Å². The van der Waals surface area contributed by atoms with E-state index in [-0.39, 0.29) is 0 Å². The molecular formula is C40H24N4. The van der Waals surface area contributed by atoms with Crippen LogP contribution in [0.4, 0.5) is 0 Å². The Morgan fingerprint density at radius 2 is 1.00 bits per heavy atom. The molecule has 0 spiro atoms. The third-order valence-electron chi connectivity index (χ3n) is 9.13. The number of para-hydroxylation sites is 3. The zero-order chi connectivity index (χ0) is 28.8. The van der Waals surface area contributed by atoms with E-state index in [4.69, 9.17) is 9.97 Å². The molecule has 0 unspecified atom stereocenters. The van der Waals surface area contributed by atoms with Gasteiger partial charge in [-0.2, -0.15) is 0 Å². The standard InChI is InChI=1S/C40H24N4/c1-3-11-29-25(9-1)17-21-36-38(29)31-12-4-7-15-34(31)43(36)28-19-20-30-26(23-28)18-22-37-39(30)32-13-5-8-16-35(32)44(37)40-41-24-27-10-2-6-14-33(27)42-40/h1-24H. The van der Waals surface area contributed by atoms with Gasteiger partial charge < -0.3 is 4.57 Å². The Hall–Kier alpha value is -6.00. The van der Waals surface area contributed by atoms with Gasteiger partial charge in [-0.15, -0.1) is 0 Å². The summed E-state index contributed by atoms with van der Waals surface area (Å²) >= 11 is 0. The zero-order valence-corrected chi connectivity index (χ0v) is 23.6. The minimum absolute atomic E-state index is 0.684. The molecule has 0 N–H and O–H groups in total. The van der Waals surface area contributed by atoms with Crippen molar-refractivity contribution in [2.24, 2.45) is 0 Å². The molecular weight excluding hydrogens is 536 g/mol. The van der Waals surface area contributed by atoms with Crippen LogP contribution in [0, 0.1) is 0 Å². The lowest BCUT2D eigenvalue weighted by atomic mass is 10.0. The van der Waals surface area contributed by atoms with Crippen molar-refractivity contribution < 1.29 is 0 Å². The number of hydrogen-bond donors (Lipinski definition) is 0. The Labute approximate surface area is 252 Å². The Morgan fingerprint density at radius 1 is 0.409 bits per heavy atom. The topological polar surface area (TPSA) is 35.6 Å². The van der Waals surface area contributed by atoms with E-state index in [1.54, 1.807) is 0 Å². The molecule has 0 saturated carbocycles. The number of benzene rings is 7. The molecule has 0 saturated heterocycles. The van der Waals surface area contributed by atoms with E-state index >= 15 is 0 Å². The Balaban J connectivity index is 1.25. The number of hydrogen-bond acceptors (Lipinski definition) is 2. The summed E-state index contributed by atoms with van der Waals surface area (Å²) in [5, 5.41) is 11.0. The summed E-state index contributed by atoms with van der Waals surface area (Å²) in [6.07, 6.45) is 1.92. The summed E-state index contributed by atoms with van der Waals surface area (Å²) in [5.74, 6) is 0.684. The maximum atomic E-state index is 4.97. The lowest BCUT2D eigenvalue weighted by Crippen LogP contribution is -2.00. The lowest BCUT2D eigenvalue weighted by molar-refractivity contribution is 1.01. The summed E-state index contributed by atoms with van der Waals surface area (Å²) in [5.41, 5.74) is 6.72. The van der Waals surface area contributed by atoms with Crippen LogP contribution in [-0.2, 0) is 0 Å². The molecule has 0 radical (unpaired) electrons. The van der Waals surface area contributed by atoms with Crippen molar-refractivity contribution >= 4 is 76.1 Å². The van der Waals surface area contributed by atoms with Crippen molar-refractivity contribution in [3.05, 3.63) is 146 Å². The van der Waals surface area contributed by atoms with Crippen LogP contribution in [-0.4, -0.2) is 19.1 Å². The highest BCUT2D eigenvalue weighted by Crippen LogP contribution is 2.40. The molecule has 3 heterocycles. The summed E-state index contributed by atoms with van der Waals surface area (Å²) in [6, 6.07) is 50.0. The van der Waals surface area contributed by atoms with Crippen molar-refractivity contribution in [2.75, 3.05) is 0 Å². The third kappa shape index (κ3) is 3.17. The molecule has 0 aliphatic carbocycles. The summed E-state index contributed by atoms with van der Waals surface area (Å²) in [6.45, 7) is 0. The molecule has 0 bridgehead atoms. The first-order valence-corrected chi connectivity index (χ1v) is 14.9. The van der Waals surface area contributed by atoms with Gasteiger partial charge in [-0.25, -0.2) is 9.97 Å². The summed E-state index contributed by atoms with van der Waals surface area (Å²) in [4.78, 5) is 9.78. The smallest absolute Gasteiger partial charge is 0.235 e. The van der Waals surface area contributed by atoms with Crippen molar-refractivity contribution in [2.45, 2.75) is 0 Å². The molecule has 44 heavy (non-hydrogen) atoms. The lowest BCUT2D eigenvalue weighted by Gasteiger charge is -2.11. The molecule has 10 aromatic rings. The summed E-state index contributed by atoms with van der Waals surface area (Å²) in [7, 11) is 0. The second kappa shape index (κ2) is 8.76. The van der Waals surface area contributed by atoms with E-state index in [1.165, 1.54) is 54.1 Å². The van der Waals surface area contributed by atoms with Gasteiger partial charge in [0.05, 0.1) is 27.6 Å². The third-order valence-corrected chi connectivity index (χ3v) is 9.13. The molecule has 7 aromatic carbocycles. The Kier molecular flexibility index (Phi) is 4.69. The van der Waals surface area contributed by atoms with Crippen molar-refractivity contribution in [1.29, 1.82) is 0 Å². The quantitative estimate of drug-likeness (QED) is 0.211. The fraction of sp³-hybridized carbons (Fsp3) is 0. The minimum atomic E-state index is 0.684. The molecule has 204 valence electrons. The molecule has 0 aliphatic rings. The SMILES string of the molecule is c1ccc2nc(-n3c4ccccc4c4c5ccc(-n6c7ccccc7c7c8ccccc8ccc76)cc5ccc43)ncc2c1. The van der Waals surface area contributed by atoms with E-state index in [0.717, 1.165) is 27.6 Å². The van der Waals surface area contributed by atoms with Gasteiger partial charge in [-0.3, -0.25) is 4.57 Å². The first-order chi connectivity index (χ1) is 21.8. The van der Waals surface area contributed by atoms with Crippen molar-refractivity contribution in [1.82, 2.24) is 19.1 Å². The number of aromatic nitrogens is 4. The van der Waals surface area contributed by atoms with E-state index in [9.17, 15) is 0 Å². The largest absolute Gasteiger partial charge is 0.309 e. The first-order valence-electron chi connectivity index (χ1n) is 14.9. The molecule has 0 fully saturated rings. The molecule has 0 atom stereocenters. The second-order valence-corrected chi connectivity index (χ2v) is 11.5. The van der Waals surface area contributed by atoms with Crippen LogP contribution in [0.1, 0.15) is 0 Å². The fourth-order valence-electron chi connectivity index (χ4n) is 7.23. The second-order valence-electron chi connectivity index (χ2n) is 11.5. The average molecular weight is 561 g/mol. The molecule has 0 amide bonds. The zero-order valence-electron chi connectivity index (χ0n) is 23.6. The molecule has 3 aromatic heterocycles. The molecule has 10 rings (SSSR count). The van der Waals surface area contributed by atoms with Gasteiger partial charge >= 0.3 is 0 Å². The Morgan fingerprint density at radius 3 is 1.80 bits per heavy atom. The number of rotatable bonds is 2. The van der Waals surface area contributed by atoms with Crippen LogP contribution in [0.5, 0.6) is 0 Å². The van der Waals surface area contributed by atoms with Gasteiger partial charge in [0, 0.05) is 38.8 Å². The van der Waals surface area contributed by atoms with Crippen LogP contribution in [0.25, 0.3) is 87.7 Å². The minimum Gasteiger partial charge on any atom is -0.309 e. The maximum Gasteiger partial charge on any atom is 0.235 e. The van der Waals surface area contributed by atoms with E-state index in [0.29, 0.717) is 5.95 Å². The first kappa shape index (κ1) is 23.6. The van der Waals surface area contributed by atoms with E-state index in [2.05, 4.69) is 130 Å². The van der Waals surface area contributed by atoms with Crippen LogP contribution in [0.15, 0.2) is 146 Å². The highest BCUT2D eigenvalue weighted by atomic mass is 15.2. The van der Waals surface area contributed by atoms with Gasteiger partial charge in [-0.05, 0) is 64.0 Å². The van der Waals surface area contributed by atoms with E-state index < -0.39 is 0 Å². The predicted molar refractivity (Wildman–Crippen MR) is 183 cm³/mol. The van der Waals surface area contributed by atoms with Crippen LogP contribution < -0.4 is 0 Å². The van der Waals surface area contributed by atoms with Gasteiger partial charge in [0.2, 0.25) is 5.95 Å². The average Bonchev–Trinajstić information content (AvgIpc) is 3.61. The summed E-state index contributed by atoms with van der Waals surface area (Å²) < 4.78 is 4.61. The number of nitrogens with zero attached hydrogens (tertiary/aromatic N) is 4. The molecule has 4 nitrogen and oxygen atoms in total. The maximum absolute atomic E-state index is 4.97. The Bertz CT molecular complexity index is 2780. The van der Waals surface area contributed by atoms with Gasteiger partial charge in [-0.1, -0.05) is 97.1 Å². The van der Waals surface area contributed by atoms with Crippen LogP contribution >= 0.6 is 0 Å². The normalized spacial score (nSPS) is 12.1. The fourth-order valence-corrected chi connectivity index (χ4v) is 7.23.